The van der Waals surface area contributed by atoms with Crippen LogP contribution in [0.25, 0.3) is 22.5 Å². The number of benzene rings is 1. The molecule has 24 heavy (non-hydrogen) atoms. The Labute approximate surface area is 138 Å². The van der Waals surface area contributed by atoms with Crippen molar-refractivity contribution >= 4 is 0 Å². The van der Waals surface area contributed by atoms with E-state index in [4.69, 9.17) is 4.74 Å². The van der Waals surface area contributed by atoms with Gasteiger partial charge < -0.3 is 4.74 Å². The SMILES string of the molecule is COc1cc(-c2nc(C)c(C)nc2-c2ccc(F)cc2)c(F)cn1. The number of pyridine rings is 1. The standard InChI is InChI=1S/C18H15F2N3O/c1-10-11(2)23-18(14-8-16(24-3)21-9-15(14)20)17(22-10)12-4-6-13(19)7-5-12/h4-9H,1-3H3. The lowest BCUT2D eigenvalue weighted by Gasteiger charge is -2.12. The molecule has 0 unspecified atom stereocenters. The van der Waals surface area contributed by atoms with Crippen LogP contribution in [0.3, 0.4) is 0 Å². The maximum atomic E-state index is 14.3. The molecule has 0 aliphatic carbocycles. The first-order chi connectivity index (χ1) is 11.5. The Bertz CT molecular complexity index is 896. The summed E-state index contributed by atoms with van der Waals surface area (Å²) < 4.78 is 32.6. The van der Waals surface area contributed by atoms with Gasteiger partial charge in [0.05, 0.1) is 30.4 Å². The van der Waals surface area contributed by atoms with Crippen LogP contribution in [-0.2, 0) is 0 Å². The minimum absolute atomic E-state index is 0.233. The number of hydrogen-bond acceptors (Lipinski definition) is 4. The van der Waals surface area contributed by atoms with E-state index in [2.05, 4.69) is 15.0 Å². The molecule has 0 atom stereocenters. The summed E-state index contributed by atoms with van der Waals surface area (Å²) in [5.74, 6) is -0.609. The molecule has 0 N–H and O–H groups in total. The summed E-state index contributed by atoms with van der Waals surface area (Å²) in [6.07, 6.45) is 1.08. The van der Waals surface area contributed by atoms with Crippen LogP contribution < -0.4 is 4.74 Å². The first-order valence-electron chi connectivity index (χ1n) is 7.30. The minimum Gasteiger partial charge on any atom is -0.481 e. The average Bonchev–Trinajstić information content (AvgIpc) is 2.58. The fraction of sp³-hybridized carbons (Fsp3) is 0.167. The molecule has 3 aromatic rings. The van der Waals surface area contributed by atoms with E-state index in [0.717, 1.165) is 11.9 Å². The number of aromatic nitrogens is 3. The summed E-state index contributed by atoms with van der Waals surface area (Å²) in [5, 5.41) is 0. The quantitative estimate of drug-likeness (QED) is 0.726. The van der Waals surface area contributed by atoms with Gasteiger partial charge in [0.15, 0.2) is 5.82 Å². The molecule has 2 aromatic heterocycles. The normalized spacial score (nSPS) is 10.7. The zero-order valence-electron chi connectivity index (χ0n) is 13.5. The predicted molar refractivity (Wildman–Crippen MR) is 86.6 cm³/mol. The smallest absolute Gasteiger partial charge is 0.213 e. The Balaban J connectivity index is 2.27. The lowest BCUT2D eigenvalue weighted by molar-refractivity contribution is 0.396. The van der Waals surface area contributed by atoms with Crippen molar-refractivity contribution in [3.05, 3.63) is 59.6 Å². The number of ether oxygens (including phenoxy) is 1. The van der Waals surface area contributed by atoms with Crippen LogP contribution in [0.4, 0.5) is 8.78 Å². The monoisotopic (exact) mass is 327 g/mol. The lowest BCUT2D eigenvalue weighted by atomic mass is 10.0. The van der Waals surface area contributed by atoms with Crippen molar-refractivity contribution in [1.82, 2.24) is 15.0 Å². The van der Waals surface area contributed by atoms with E-state index in [0.29, 0.717) is 22.6 Å². The highest BCUT2D eigenvalue weighted by Crippen LogP contribution is 2.32. The molecule has 122 valence electrons. The first kappa shape index (κ1) is 16.0. The summed E-state index contributed by atoms with van der Waals surface area (Å²) in [6.45, 7) is 3.62. The molecule has 0 saturated carbocycles. The summed E-state index contributed by atoms with van der Waals surface area (Å²) in [6, 6.07) is 7.32. The van der Waals surface area contributed by atoms with Gasteiger partial charge in [-0.1, -0.05) is 0 Å². The van der Waals surface area contributed by atoms with Crippen molar-refractivity contribution in [2.45, 2.75) is 13.8 Å². The maximum Gasteiger partial charge on any atom is 0.213 e. The van der Waals surface area contributed by atoms with Crippen molar-refractivity contribution in [1.29, 1.82) is 0 Å². The summed E-state index contributed by atoms with van der Waals surface area (Å²) >= 11 is 0. The minimum atomic E-state index is -0.531. The number of rotatable bonds is 3. The molecule has 0 saturated heterocycles. The molecular weight excluding hydrogens is 312 g/mol. The van der Waals surface area contributed by atoms with Crippen molar-refractivity contribution in [2.75, 3.05) is 7.11 Å². The first-order valence-corrected chi connectivity index (χ1v) is 7.30. The van der Waals surface area contributed by atoms with Gasteiger partial charge in [0, 0.05) is 17.2 Å². The summed E-state index contributed by atoms with van der Waals surface area (Å²) in [4.78, 5) is 12.9. The molecule has 6 heteroatoms. The van der Waals surface area contributed by atoms with Crippen molar-refractivity contribution in [3.8, 4) is 28.4 Å². The highest BCUT2D eigenvalue weighted by atomic mass is 19.1. The summed E-state index contributed by atoms with van der Waals surface area (Å²) in [7, 11) is 1.46. The highest BCUT2D eigenvalue weighted by Gasteiger charge is 2.18. The number of aryl methyl sites for hydroxylation is 2. The summed E-state index contributed by atoms with van der Waals surface area (Å²) in [5.41, 5.74) is 3.13. The Hall–Kier alpha value is -2.89. The molecular formula is C18H15F2N3O. The van der Waals surface area contributed by atoms with Gasteiger partial charge in [-0.25, -0.2) is 23.7 Å². The average molecular weight is 327 g/mol. The molecule has 0 amide bonds. The van der Waals surface area contributed by atoms with Crippen LogP contribution in [0.1, 0.15) is 11.4 Å². The van der Waals surface area contributed by atoms with Gasteiger partial charge >= 0.3 is 0 Å². The van der Waals surface area contributed by atoms with E-state index in [9.17, 15) is 8.78 Å². The molecule has 0 spiro atoms. The Morgan fingerprint density at radius 1 is 0.917 bits per heavy atom. The third kappa shape index (κ3) is 2.95. The third-order valence-corrected chi connectivity index (χ3v) is 3.72. The molecule has 0 radical (unpaired) electrons. The predicted octanol–water partition coefficient (Wildman–Crippen LogP) is 4.11. The zero-order chi connectivity index (χ0) is 17.3. The van der Waals surface area contributed by atoms with Crippen LogP contribution in [0.2, 0.25) is 0 Å². The Kier molecular flexibility index (Phi) is 4.20. The molecule has 4 nitrogen and oxygen atoms in total. The largest absolute Gasteiger partial charge is 0.481 e. The van der Waals surface area contributed by atoms with E-state index in [-0.39, 0.29) is 17.3 Å². The van der Waals surface area contributed by atoms with Gasteiger partial charge in [0.25, 0.3) is 0 Å². The van der Waals surface area contributed by atoms with Crippen LogP contribution in [0.15, 0.2) is 36.5 Å². The maximum absolute atomic E-state index is 14.3. The van der Waals surface area contributed by atoms with Gasteiger partial charge in [0.2, 0.25) is 5.88 Å². The van der Waals surface area contributed by atoms with Crippen LogP contribution in [-0.4, -0.2) is 22.1 Å². The van der Waals surface area contributed by atoms with E-state index in [1.54, 1.807) is 19.1 Å². The van der Waals surface area contributed by atoms with E-state index < -0.39 is 5.82 Å². The van der Waals surface area contributed by atoms with Crippen LogP contribution in [0, 0.1) is 25.5 Å². The number of halogens is 2. The van der Waals surface area contributed by atoms with E-state index in [1.807, 2.05) is 6.92 Å². The molecule has 0 aliphatic rings. The number of nitrogens with zero attached hydrogens (tertiary/aromatic N) is 3. The fourth-order valence-electron chi connectivity index (χ4n) is 2.31. The molecule has 2 heterocycles. The molecule has 3 rings (SSSR count). The van der Waals surface area contributed by atoms with Gasteiger partial charge in [-0.2, -0.15) is 0 Å². The second-order valence-electron chi connectivity index (χ2n) is 5.31. The second-order valence-corrected chi connectivity index (χ2v) is 5.31. The fourth-order valence-corrected chi connectivity index (χ4v) is 2.31. The van der Waals surface area contributed by atoms with E-state index in [1.165, 1.54) is 25.3 Å². The van der Waals surface area contributed by atoms with Crippen molar-refractivity contribution in [2.24, 2.45) is 0 Å². The van der Waals surface area contributed by atoms with Crippen LogP contribution >= 0.6 is 0 Å². The zero-order valence-corrected chi connectivity index (χ0v) is 13.5. The van der Waals surface area contributed by atoms with E-state index >= 15 is 0 Å². The number of methoxy groups -OCH3 is 1. The molecule has 0 fully saturated rings. The molecule has 0 bridgehead atoms. The van der Waals surface area contributed by atoms with Crippen molar-refractivity contribution < 1.29 is 13.5 Å². The molecule has 1 aromatic carbocycles. The second kappa shape index (κ2) is 6.31. The number of hydrogen-bond donors (Lipinski definition) is 0. The Morgan fingerprint density at radius 3 is 2.17 bits per heavy atom. The molecule has 0 aliphatic heterocycles. The highest BCUT2D eigenvalue weighted by molar-refractivity contribution is 5.78. The van der Waals surface area contributed by atoms with Gasteiger partial charge in [-0.3, -0.25) is 0 Å². The van der Waals surface area contributed by atoms with Gasteiger partial charge in [-0.05, 0) is 38.1 Å². The lowest BCUT2D eigenvalue weighted by Crippen LogP contribution is -2.02. The topological polar surface area (TPSA) is 47.9 Å². The van der Waals surface area contributed by atoms with Crippen LogP contribution in [0.5, 0.6) is 5.88 Å². The third-order valence-electron chi connectivity index (χ3n) is 3.72. The van der Waals surface area contributed by atoms with Crippen molar-refractivity contribution in [3.63, 3.8) is 0 Å². The van der Waals surface area contributed by atoms with Gasteiger partial charge in [0.1, 0.15) is 11.5 Å². The van der Waals surface area contributed by atoms with Gasteiger partial charge in [-0.15, -0.1) is 0 Å². The Morgan fingerprint density at radius 2 is 1.54 bits per heavy atom.